The molecule has 2 unspecified atom stereocenters. The number of carbonyl (C=O) groups excluding carboxylic acids is 2. The monoisotopic (exact) mass is 319 g/mol. The minimum atomic E-state index is -0.580. The summed E-state index contributed by atoms with van der Waals surface area (Å²) in [5.41, 5.74) is 0.725. The second kappa shape index (κ2) is 7.13. The maximum absolute atomic E-state index is 12.9. The molecule has 2 amide bonds. The van der Waals surface area contributed by atoms with Crippen LogP contribution in [0.5, 0.6) is 0 Å². The maximum Gasteiger partial charge on any atom is 0.416 e. The molecule has 1 aliphatic heterocycles. The molecule has 5 nitrogen and oxygen atoms in total. The Labute approximate surface area is 137 Å². The lowest BCUT2D eigenvalue weighted by molar-refractivity contribution is -0.137. The van der Waals surface area contributed by atoms with Crippen LogP contribution in [-0.2, 0) is 16.0 Å². The number of ether oxygens (including phenoxy) is 1. The van der Waals surface area contributed by atoms with Crippen molar-refractivity contribution in [1.29, 1.82) is 0 Å². The molecule has 0 aliphatic carbocycles. The van der Waals surface area contributed by atoms with E-state index in [1.807, 2.05) is 51.1 Å². The largest absolute Gasteiger partial charge is 0.447 e. The van der Waals surface area contributed by atoms with Crippen LogP contribution in [0.15, 0.2) is 30.3 Å². The molecule has 23 heavy (non-hydrogen) atoms. The van der Waals surface area contributed by atoms with E-state index in [4.69, 9.17) is 4.74 Å². The summed E-state index contributed by atoms with van der Waals surface area (Å²) in [5.74, 6) is -0.675. The Morgan fingerprint density at radius 3 is 2.57 bits per heavy atom. The van der Waals surface area contributed by atoms with Gasteiger partial charge in [-0.05, 0) is 23.8 Å². The highest BCUT2D eigenvalue weighted by Gasteiger charge is 2.43. The van der Waals surface area contributed by atoms with Crippen LogP contribution in [0.1, 0.15) is 32.8 Å². The van der Waals surface area contributed by atoms with Crippen molar-refractivity contribution in [2.24, 2.45) is 11.3 Å². The molecule has 1 aliphatic rings. The zero-order valence-electron chi connectivity index (χ0n) is 14.0. The van der Waals surface area contributed by atoms with Crippen molar-refractivity contribution in [1.82, 2.24) is 4.90 Å². The first-order chi connectivity index (χ1) is 10.8. The second-order valence-corrected chi connectivity index (χ2v) is 7.06. The molecule has 1 heterocycles. The SMILES string of the molecule is CC(C)(C)C(CCO)C(=O)N1C(=O)OCC1Cc1ccccc1. The number of imide groups is 1. The van der Waals surface area contributed by atoms with Gasteiger partial charge in [0.2, 0.25) is 5.91 Å². The first-order valence-electron chi connectivity index (χ1n) is 7.99. The number of hydrogen-bond donors (Lipinski definition) is 1. The summed E-state index contributed by atoms with van der Waals surface area (Å²) in [6.45, 7) is 5.96. The summed E-state index contributed by atoms with van der Waals surface area (Å²) in [5, 5.41) is 9.27. The van der Waals surface area contributed by atoms with Gasteiger partial charge in [-0.25, -0.2) is 9.69 Å². The minimum absolute atomic E-state index is 0.0834. The first-order valence-corrected chi connectivity index (χ1v) is 7.99. The molecule has 1 aromatic carbocycles. The van der Waals surface area contributed by atoms with Crippen molar-refractivity contribution in [2.45, 2.75) is 39.7 Å². The molecule has 1 fully saturated rings. The van der Waals surface area contributed by atoms with Gasteiger partial charge in [-0.1, -0.05) is 51.1 Å². The van der Waals surface area contributed by atoms with E-state index in [0.29, 0.717) is 12.8 Å². The molecule has 126 valence electrons. The normalized spacial score (nSPS) is 19.6. The van der Waals surface area contributed by atoms with E-state index >= 15 is 0 Å². The number of aliphatic hydroxyl groups excluding tert-OH is 1. The average Bonchev–Trinajstić information content (AvgIpc) is 2.85. The predicted octanol–water partition coefficient (Wildman–Crippen LogP) is 2.62. The van der Waals surface area contributed by atoms with Crippen molar-refractivity contribution in [3.63, 3.8) is 0 Å². The van der Waals surface area contributed by atoms with Crippen molar-refractivity contribution in [2.75, 3.05) is 13.2 Å². The number of hydrogen-bond acceptors (Lipinski definition) is 4. The fourth-order valence-electron chi connectivity index (χ4n) is 2.99. The molecular weight excluding hydrogens is 294 g/mol. The molecule has 0 radical (unpaired) electrons. The van der Waals surface area contributed by atoms with Crippen LogP contribution in [0.4, 0.5) is 4.79 Å². The van der Waals surface area contributed by atoms with Gasteiger partial charge in [0.25, 0.3) is 0 Å². The maximum atomic E-state index is 12.9. The van der Waals surface area contributed by atoms with Crippen molar-refractivity contribution >= 4 is 12.0 Å². The number of benzene rings is 1. The van der Waals surface area contributed by atoms with Crippen LogP contribution in [0.25, 0.3) is 0 Å². The number of cyclic esters (lactones) is 1. The van der Waals surface area contributed by atoms with Gasteiger partial charge in [0, 0.05) is 12.5 Å². The van der Waals surface area contributed by atoms with Gasteiger partial charge in [-0.3, -0.25) is 4.79 Å². The summed E-state index contributed by atoms with van der Waals surface area (Å²) in [6, 6.07) is 9.45. The van der Waals surface area contributed by atoms with Crippen molar-refractivity contribution in [3.8, 4) is 0 Å². The Kier molecular flexibility index (Phi) is 5.42. The van der Waals surface area contributed by atoms with Gasteiger partial charge in [-0.2, -0.15) is 0 Å². The Morgan fingerprint density at radius 2 is 2.00 bits per heavy atom. The Bertz CT molecular complexity index is 550. The topological polar surface area (TPSA) is 66.8 Å². The molecule has 0 saturated carbocycles. The van der Waals surface area contributed by atoms with Crippen LogP contribution < -0.4 is 0 Å². The van der Waals surface area contributed by atoms with E-state index < -0.39 is 12.0 Å². The molecule has 2 rings (SSSR count). The molecule has 0 spiro atoms. The zero-order valence-corrected chi connectivity index (χ0v) is 14.0. The number of amides is 2. The molecule has 1 N–H and O–H groups in total. The Balaban J connectivity index is 2.19. The van der Waals surface area contributed by atoms with Crippen molar-refractivity contribution in [3.05, 3.63) is 35.9 Å². The fourth-order valence-corrected chi connectivity index (χ4v) is 2.99. The zero-order chi connectivity index (χ0) is 17.0. The number of carbonyl (C=O) groups is 2. The highest BCUT2D eigenvalue weighted by atomic mass is 16.6. The molecule has 2 atom stereocenters. The van der Waals surface area contributed by atoms with Crippen LogP contribution in [0, 0.1) is 11.3 Å². The minimum Gasteiger partial charge on any atom is -0.447 e. The lowest BCUT2D eigenvalue weighted by Crippen LogP contribution is -2.47. The summed E-state index contributed by atoms with van der Waals surface area (Å²) < 4.78 is 5.12. The third-order valence-corrected chi connectivity index (χ3v) is 4.27. The van der Waals surface area contributed by atoms with E-state index in [9.17, 15) is 14.7 Å². The number of aliphatic hydroxyl groups is 1. The first kappa shape index (κ1) is 17.5. The second-order valence-electron chi connectivity index (χ2n) is 7.06. The fraction of sp³-hybridized carbons (Fsp3) is 0.556. The van der Waals surface area contributed by atoms with Crippen LogP contribution >= 0.6 is 0 Å². The average molecular weight is 319 g/mol. The van der Waals surface area contributed by atoms with Gasteiger partial charge in [0.15, 0.2) is 0 Å². The third kappa shape index (κ3) is 4.10. The molecule has 0 bridgehead atoms. The molecule has 1 aromatic rings. The van der Waals surface area contributed by atoms with Gasteiger partial charge in [0.1, 0.15) is 6.61 Å². The van der Waals surface area contributed by atoms with Gasteiger partial charge < -0.3 is 9.84 Å². The quantitative estimate of drug-likeness (QED) is 0.906. The van der Waals surface area contributed by atoms with Gasteiger partial charge >= 0.3 is 6.09 Å². The Morgan fingerprint density at radius 1 is 1.35 bits per heavy atom. The lowest BCUT2D eigenvalue weighted by atomic mass is 9.78. The Hall–Kier alpha value is -1.88. The summed E-state index contributed by atoms with van der Waals surface area (Å²) in [6.07, 6.45) is 0.335. The van der Waals surface area contributed by atoms with Gasteiger partial charge in [-0.15, -0.1) is 0 Å². The summed E-state index contributed by atoms with van der Waals surface area (Å²) in [7, 11) is 0. The molecular formula is C18H25NO4. The summed E-state index contributed by atoms with van der Waals surface area (Å²) >= 11 is 0. The molecule has 5 heteroatoms. The van der Waals surface area contributed by atoms with Crippen LogP contribution in [0.3, 0.4) is 0 Å². The highest BCUT2D eigenvalue weighted by molar-refractivity contribution is 5.95. The molecule has 0 aromatic heterocycles. The molecule has 1 saturated heterocycles. The van der Waals surface area contributed by atoms with E-state index in [-0.39, 0.29) is 30.6 Å². The number of nitrogens with zero attached hydrogens (tertiary/aromatic N) is 1. The van der Waals surface area contributed by atoms with E-state index in [1.54, 1.807) is 0 Å². The van der Waals surface area contributed by atoms with Crippen LogP contribution in [-0.4, -0.2) is 41.3 Å². The van der Waals surface area contributed by atoms with E-state index in [1.165, 1.54) is 4.90 Å². The third-order valence-electron chi connectivity index (χ3n) is 4.27. The van der Waals surface area contributed by atoms with E-state index in [2.05, 4.69) is 0 Å². The van der Waals surface area contributed by atoms with Crippen molar-refractivity contribution < 1.29 is 19.4 Å². The summed E-state index contributed by atoms with van der Waals surface area (Å²) in [4.78, 5) is 26.2. The standard InChI is InChI=1S/C18H25NO4/c1-18(2,3)15(9-10-20)16(21)19-14(12-23-17(19)22)11-13-7-5-4-6-8-13/h4-8,14-15,20H,9-12H2,1-3H3. The van der Waals surface area contributed by atoms with Crippen LogP contribution in [0.2, 0.25) is 0 Å². The highest BCUT2D eigenvalue weighted by Crippen LogP contribution is 2.32. The lowest BCUT2D eigenvalue weighted by Gasteiger charge is -2.32. The smallest absolute Gasteiger partial charge is 0.416 e. The predicted molar refractivity (Wildman–Crippen MR) is 86.8 cm³/mol. The van der Waals surface area contributed by atoms with E-state index in [0.717, 1.165) is 5.56 Å². The van der Waals surface area contributed by atoms with Gasteiger partial charge in [0.05, 0.1) is 6.04 Å². The number of rotatable bonds is 5.